The first-order chi connectivity index (χ1) is 7.81. The van der Waals surface area contributed by atoms with E-state index in [-0.39, 0.29) is 0 Å². The lowest BCUT2D eigenvalue weighted by molar-refractivity contribution is 1.51. The molecule has 0 saturated heterocycles. The van der Waals surface area contributed by atoms with Crippen LogP contribution in [0.5, 0.6) is 0 Å². The van der Waals surface area contributed by atoms with Crippen LogP contribution in [-0.4, -0.2) is 0 Å². The molecule has 80 valence electrons. The molecule has 2 aromatic carbocycles. The quantitative estimate of drug-likeness (QED) is 0.730. The van der Waals surface area contributed by atoms with Gasteiger partial charge in [-0.2, -0.15) is 0 Å². The van der Waals surface area contributed by atoms with E-state index >= 15 is 0 Å². The van der Waals surface area contributed by atoms with E-state index in [1.54, 1.807) is 0 Å². The molecule has 0 spiro atoms. The lowest BCUT2D eigenvalue weighted by Gasteiger charge is -2.07. The minimum atomic E-state index is 1.11. The van der Waals surface area contributed by atoms with Gasteiger partial charge in [0, 0.05) is 4.47 Å². The number of rotatable bonds is 2. The summed E-state index contributed by atoms with van der Waals surface area (Å²) >= 11 is 3.45. The van der Waals surface area contributed by atoms with Gasteiger partial charge >= 0.3 is 0 Å². The van der Waals surface area contributed by atoms with Gasteiger partial charge < -0.3 is 0 Å². The lowest BCUT2D eigenvalue weighted by Crippen LogP contribution is -1.86. The average Bonchev–Trinajstić information content (AvgIpc) is 2.34. The molecule has 0 saturated carbocycles. The van der Waals surface area contributed by atoms with Crippen molar-refractivity contribution in [1.82, 2.24) is 0 Å². The van der Waals surface area contributed by atoms with Gasteiger partial charge in [-0.05, 0) is 35.8 Å². The summed E-state index contributed by atoms with van der Waals surface area (Å²) in [6.07, 6.45) is 2.15. The molecule has 0 radical (unpaired) electrons. The Morgan fingerprint density at radius 2 is 1.44 bits per heavy atom. The molecule has 0 atom stereocenters. The molecule has 0 fully saturated rings. The summed E-state index contributed by atoms with van der Waals surface area (Å²) in [5, 5.41) is 0. The normalized spacial score (nSPS) is 11.5. The second kappa shape index (κ2) is 5.13. The van der Waals surface area contributed by atoms with Crippen LogP contribution in [0.4, 0.5) is 0 Å². The summed E-state index contributed by atoms with van der Waals surface area (Å²) < 4.78 is 1.11. The second-order valence-corrected chi connectivity index (χ2v) is 4.49. The molecule has 0 aliphatic carbocycles. The van der Waals surface area contributed by atoms with E-state index in [1.165, 1.54) is 16.7 Å². The van der Waals surface area contributed by atoms with E-state index in [0.29, 0.717) is 0 Å². The minimum absolute atomic E-state index is 1.11. The molecule has 0 amide bonds. The number of benzene rings is 2. The molecule has 0 N–H and O–H groups in total. The summed E-state index contributed by atoms with van der Waals surface area (Å²) in [6, 6.07) is 18.9. The predicted octanol–water partition coefficient (Wildman–Crippen LogP) is 4.90. The highest BCUT2D eigenvalue weighted by Gasteiger charge is 2.02. The molecule has 2 rings (SSSR count). The van der Waals surface area contributed by atoms with E-state index in [2.05, 4.69) is 77.5 Å². The van der Waals surface area contributed by atoms with Crippen LogP contribution in [-0.2, 0) is 0 Å². The van der Waals surface area contributed by atoms with Crippen molar-refractivity contribution in [3.05, 3.63) is 76.3 Å². The maximum absolute atomic E-state index is 3.45. The summed E-state index contributed by atoms with van der Waals surface area (Å²) in [5.74, 6) is 0. The Balaban J connectivity index is 2.42. The van der Waals surface area contributed by atoms with Crippen molar-refractivity contribution in [3.8, 4) is 0 Å². The molecule has 0 nitrogen and oxygen atoms in total. The fourth-order valence-corrected chi connectivity index (χ4v) is 2.01. The van der Waals surface area contributed by atoms with Crippen LogP contribution >= 0.6 is 15.9 Å². The third-order valence-corrected chi connectivity index (χ3v) is 3.06. The van der Waals surface area contributed by atoms with Crippen molar-refractivity contribution in [2.75, 3.05) is 0 Å². The van der Waals surface area contributed by atoms with Crippen molar-refractivity contribution < 1.29 is 0 Å². The molecular formula is C15H13Br. The van der Waals surface area contributed by atoms with Crippen molar-refractivity contribution in [1.29, 1.82) is 0 Å². The van der Waals surface area contributed by atoms with Gasteiger partial charge in [-0.15, -0.1) is 0 Å². The van der Waals surface area contributed by atoms with Crippen molar-refractivity contribution >= 4 is 21.5 Å². The smallest absolute Gasteiger partial charge is 0.0175 e. The minimum Gasteiger partial charge on any atom is -0.0792 e. The van der Waals surface area contributed by atoms with Gasteiger partial charge in [0.25, 0.3) is 0 Å². The summed E-state index contributed by atoms with van der Waals surface area (Å²) in [7, 11) is 0. The highest BCUT2D eigenvalue weighted by molar-refractivity contribution is 9.10. The number of hydrogen-bond acceptors (Lipinski definition) is 0. The summed E-state index contributed by atoms with van der Waals surface area (Å²) in [5.41, 5.74) is 3.78. The summed E-state index contributed by atoms with van der Waals surface area (Å²) in [4.78, 5) is 0. The molecule has 0 aromatic heterocycles. The fraction of sp³-hybridized carbons (Fsp3) is 0.0667. The highest BCUT2D eigenvalue weighted by Crippen LogP contribution is 2.24. The van der Waals surface area contributed by atoms with Crippen LogP contribution in [0.1, 0.15) is 18.1 Å². The molecule has 0 unspecified atom stereocenters. The van der Waals surface area contributed by atoms with Gasteiger partial charge in [0.2, 0.25) is 0 Å². The average molecular weight is 273 g/mol. The Labute approximate surface area is 105 Å². The van der Waals surface area contributed by atoms with Crippen molar-refractivity contribution in [2.24, 2.45) is 0 Å². The fourth-order valence-electron chi connectivity index (χ4n) is 1.75. The number of hydrogen-bond donors (Lipinski definition) is 0. The zero-order chi connectivity index (χ0) is 11.4. The van der Waals surface area contributed by atoms with Gasteiger partial charge in [0.15, 0.2) is 0 Å². The van der Waals surface area contributed by atoms with E-state index in [9.17, 15) is 0 Å². The zero-order valence-electron chi connectivity index (χ0n) is 9.15. The lowest BCUT2D eigenvalue weighted by atomic mass is 9.98. The first-order valence-corrected chi connectivity index (χ1v) is 6.08. The summed E-state index contributed by atoms with van der Waals surface area (Å²) in [6.45, 7) is 2.07. The number of halogens is 1. The third-order valence-electron chi connectivity index (χ3n) is 2.53. The molecule has 2 aromatic rings. The Morgan fingerprint density at radius 3 is 2.00 bits per heavy atom. The molecule has 0 bridgehead atoms. The van der Waals surface area contributed by atoms with E-state index < -0.39 is 0 Å². The monoisotopic (exact) mass is 272 g/mol. The Bertz CT molecular complexity index is 481. The molecule has 0 aliphatic heterocycles. The topological polar surface area (TPSA) is 0 Å². The largest absolute Gasteiger partial charge is 0.0792 e. The molecule has 0 aliphatic rings. The number of allylic oxidation sites excluding steroid dienone is 1. The maximum atomic E-state index is 3.45. The van der Waals surface area contributed by atoms with E-state index in [1.807, 2.05) is 6.07 Å². The predicted molar refractivity (Wildman–Crippen MR) is 73.3 cm³/mol. The van der Waals surface area contributed by atoms with Crippen molar-refractivity contribution in [2.45, 2.75) is 6.92 Å². The first kappa shape index (κ1) is 11.2. The van der Waals surface area contributed by atoms with Gasteiger partial charge in [-0.1, -0.05) is 64.5 Å². The Morgan fingerprint density at radius 1 is 0.875 bits per heavy atom. The molecule has 1 heteroatoms. The van der Waals surface area contributed by atoms with E-state index in [0.717, 1.165) is 4.47 Å². The first-order valence-electron chi connectivity index (χ1n) is 5.29. The van der Waals surface area contributed by atoms with Crippen LogP contribution < -0.4 is 0 Å². The van der Waals surface area contributed by atoms with Gasteiger partial charge in [-0.25, -0.2) is 0 Å². The zero-order valence-corrected chi connectivity index (χ0v) is 10.7. The molecule has 16 heavy (non-hydrogen) atoms. The van der Waals surface area contributed by atoms with Gasteiger partial charge in [0.1, 0.15) is 0 Å². The Kier molecular flexibility index (Phi) is 3.58. The van der Waals surface area contributed by atoms with Crippen LogP contribution in [0.15, 0.2) is 65.1 Å². The van der Waals surface area contributed by atoms with Crippen LogP contribution in [0, 0.1) is 0 Å². The Hall–Kier alpha value is -1.34. The van der Waals surface area contributed by atoms with Crippen molar-refractivity contribution in [3.63, 3.8) is 0 Å². The SMILES string of the molecule is C/C=C(/c1ccccc1)c1ccc(Br)cc1. The van der Waals surface area contributed by atoms with E-state index in [4.69, 9.17) is 0 Å². The van der Waals surface area contributed by atoms with Crippen LogP contribution in [0.2, 0.25) is 0 Å². The maximum Gasteiger partial charge on any atom is 0.0175 e. The second-order valence-electron chi connectivity index (χ2n) is 3.58. The van der Waals surface area contributed by atoms with Gasteiger partial charge in [0.05, 0.1) is 0 Å². The molecule has 0 heterocycles. The van der Waals surface area contributed by atoms with Crippen LogP contribution in [0.25, 0.3) is 5.57 Å². The third kappa shape index (κ3) is 2.42. The van der Waals surface area contributed by atoms with Crippen LogP contribution in [0.3, 0.4) is 0 Å². The van der Waals surface area contributed by atoms with Gasteiger partial charge in [-0.3, -0.25) is 0 Å². The molecular weight excluding hydrogens is 260 g/mol. The highest BCUT2D eigenvalue weighted by atomic mass is 79.9. The standard InChI is InChI=1S/C15H13Br/c1-2-15(12-6-4-3-5-7-12)13-8-10-14(16)11-9-13/h2-11H,1H3/b15-2-.